The van der Waals surface area contributed by atoms with Gasteiger partial charge in [-0.15, -0.1) is 0 Å². The number of rotatable bonds is 9. The standard InChI is InChI=1S/C38H48N8O2/c1-4-16-44-22-23-46(24-31(44)11-15-39)36-32-12-17-45(34-10-6-9-30-8-5-7-28(2)35(30)34)25-33(32)40-37(41-36)48-27-38(13-14-38)26-42-18-20-43(21-19-42)29(3)47/h4-10,16,31H,11-14,17-27H2,1-3H3. The monoisotopic (exact) mass is 648 g/mol. The molecule has 0 bridgehead atoms. The van der Waals surface area contributed by atoms with E-state index in [4.69, 9.17) is 14.7 Å². The van der Waals surface area contributed by atoms with E-state index in [0.29, 0.717) is 25.6 Å². The number of benzene rings is 2. The first kappa shape index (κ1) is 32.2. The Kier molecular flexibility index (Phi) is 9.15. The van der Waals surface area contributed by atoms with Crippen molar-refractivity contribution < 1.29 is 9.53 Å². The van der Waals surface area contributed by atoms with E-state index >= 15 is 0 Å². The molecule has 10 nitrogen and oxygen atoms in total. The molecule has 3 fully saturated rings. The van der Waals surface area contributed by atoms with Crippen LogP contribution in [0.2, 0.25) is 0 Å². The molecule has 10 heteroatoms. The molecule has 1 aliphatic carbocycles. The summed E-state index contributed by atoms with van der Waals surface area (Å²) in [5, 5.41) is 12.2. The predicted molar refractivity (Wildman–Crippen MR) is 189 cm³/mol. The molecule has 1 amide bonds. The molecule has 1 atom stereocenters. The lowest BCUT2D eigenvalue weighted by atomic mass is 9.99. The van der Waals surface area contributed by atoms with Gasteiger partial charge in [0.25, 0.3) is 0 Å². The van der Waals surface area contributed by atoms with Gasteiger partial charge in [-0.25, -0.2) is 0 Å². The first-order valence-corrected chi connectivity index (χ1v) is 17.6. The molecule has 4 heterocycles. The number of aryl methyl sites for hydroxylation is 1. The fourth-order valence-electron chi connectivity index (χ4n) is 7.86. The van der Waals surface area contributed by atoms with Crippen molar-refractivity contribution in [3.8, 4) is 12.1 Å². The van der Waals surface area contributed by atoms with Crippen LogP contribution in [0, 0.1) is 23.7 Å². The lowest BCUT2D eigenvalue weighted by Gasteiger charge is -2.42. The van der Waals surface area contributed by atoms with E-state index in [2.05, 4.69) is 81.3 Å². The number of allylic oxidation sites excluding steroid dienone is 1. The number of amides is 1. The third-order valence-electron chi connectivity index (χ3n) is 10.8. The highest BCUT2D eigenvalue weighted by molar-refractivity contribution is 5.97. The van der Waals surface area contributed by atoms with Crippen molar-refractivity contribution in [1.29, 1.82) is 5.26 Å². The number of hydrogen-bond donors (Lipinski definition) is 0. The maximum Gasteiger partial charge on any atom is 0.318 e. The van der Waals surface area contributed by atoms with Crippen LogP contribution in [0.3, 0.4) is 0 Å². The molecule has 7 rings (SSSR count). The van der Waals surface area contributed by atoms with Gasteiger partial charge in [0.05, 0.1) is 37.4 Å². The van der Waals surface area contributed by atoms with Crippen LogP contribution < -0.4 is 14.5 Å². The van der Waals surface area contributed by atoms with Crippen molar-refractivity contribution in [2.75, 3.05) is 75.3 Å². The van der Waals surface area contributed by atoms with Crippen LogP contribution in [0.25, 0.3) is 10.8 Å². The number of carbonyl (C=O) groups is 1. The molecule has 1 saturated carbocycles. The van der Waals surface area contributed by atoms with Crippen LogP contribution in [0.1, 0.15) is 49.9 Å². The third kappa shape index (κ3) is 6.66. The minimum Gasteiger partial charge on any atom is -0.463 e. The van der Waals surface area contributed by atoms with Crippen LogP contribution >= 0.6 is 0 Å². The Morgan fingerprint density at radius 2 is 1.83 bits per heavy atom. The highest BCUT2D eigenvalue weighted by atomic mass is 16.5. The number of carbonyl (C=O) groups excluding carboxylic acids is 1. The average Bonchev–Trinajstić information content (AvgIpc) is 3.87. The molecule has 2 aromatic carbocycles. The molecular weight excluding hydrogens is 600 g/mol. The predicted octanol–water partition coefficient (Wildman–Crippen LogP) is 4.76. The lowest BCUT2D eigenvalue weighted by Crippen LogP contribution is -2.51. The molecule has 0 spiro atoms. The Balaban J connectivity index is 1.15. The van der Waals surface area contributed by atoms with Crippen LogP contribution in [0.15, 0.2) is 48.7 Å². The summed E-state index contributed by atoms with van der Waals surface area (Å²) in [6.07, 6.45) is 7.75. The Morgan fingerprint density at radius 3 is 2.56 bits per heavy atom. The minimum absolute atomic E-state index is 0.104. The van der Waals surface area contributed by atoms with Gasteiger partial charge in [0.1, 0.15) is 5.82 Å². The van der Waals surface area contributed by atoms with Gasteiger partial charge in [0, 0.05) is 87.9 Å². The summed E-state index contributed by atoms with van der Waals surface area (Å²) in [5.74, 6) is 1.13. The third-order valence-corrected chi connectivity index (χ3v) is 10.8. The molecule has 1 aromatic heterocycles. The van der Waals surface area contributed by atoms with Gasteiger partial charge in [0.15, 0.2) is 0 Å². The van der Waals surface area contributed by atoms with Gasteiger partial charge in [-0.05, 0) is 56.3 Å². The molecule has 0 N–H and O–H groups in total. The average molecular weight is 649 g/mol. The number of fused-ring (bicyclic) bond motifs is 2. The molecule has 0 radical (unpaired) electrons. The quantitative estimate of drug-likeness (QED) is 0.326. The largest absolute Gasteiger partial charge is 0.463 e. The Hall–Kier alpha value is -4.36. The number of hydrogen-bond acceptors (Lipinski definition) is 9. The molecule has 252 valence electrons. The fourth-order valence-corrected chi connectivity index (χ4v) is 7.86. The van der Waals surface area contributed by atoms with Gasteiger partial charge < -0.3 is 24.3 Å². The summed E-state index contributed by atoms with van der Waals surface area (Å²) in [6.45, 7) is 14.9. The second-order valence-electron chi connectivity index (χ2n) is 14.1. The lowest BCUT2D eigenvalue weighted by molar-refractivity contribution is -0.130. The molecule has 1 unspecified atom stereocenters. The first-order chi connectivity index (χ1) is 23.4. The minimum atomic E-state index is 0.104. The normalized spacial score (nSPS) is 21.0. The number of nitrogens with zero attached hydrogens (tertiary/aromatic N) is 8. The van der Waals surface area contributed by atoms with E-state index in [0.717, 1.165) is 89.7 Å². The van der Waals surface area contributed by atoms with Crippen LogP contribution in [0.5, 0.6) is 6.01 Å². The van der Waals surface area contributed by atoms with E-state index in [1.165, 1.54) is 27.6 Å². The van der Waals surface area contributed by atoms with Gasteiger partial charge in [-0.1, -0.05) is 36.4 Å². The number of anilines is 2. The second-order valence-corrected chi connectivity index (χ2v) is 14.1. The van der Waals surface area contributed by atoms with Crippen molar-refractivity contribution in [2.24, 2.45) is 5.41 Å². The van der Waals surface area contributed by atoms with Gasteiger partial charge >= 0.3 is 6.01 Å². The fraction of sp³-hybridized carbons (Fsp3) is 0.526. The summed E-state index contributed by atoms with van der Waals surface area (Å²) in [5.41, 5.74) is 4.87. The van der Waals surface area contributed by atoms with Crippen molar-refractivity contribution in [3.05, 3.63) is 65.5 Å². The van der Waals surface area contributed by atoms with Gasteiger partial charge in [-0.3, -0.25) is 9.69 Å². The summed E-state index contributed by atoms with van der Waals surface area (Å²) in [4.78, 5) is 33.6. The van der Waals surface area contributed by atoms with Gasteiger partial charge in [0.2, 0.25) is 5.91 Å². The zero-order chi connectivity index (χ0) is 33.3. The molecule has 2 saturated heterocycles. The molecule has 48 heavy (non-hydrogen) atoms. The number of piperazine rings is 2. The zero-order valence-corrected chi connectivity index (χ0v) is 28.7. The SMILES string of the molecule is CC=CN1CCN(c2nc(OCC3(CN4CCN(C(C)=O)CC4)CC3)nc3c2CCN(c2cccc4cccc(C)c24)C3)CC1CC#N. The Morgan fingerprint density at radius 1 is 1.04 bits per heavy atom. The number of nitriles is 1. The zero-order valence-electron chi connectivity index (χ0n) is 28.7. The summed E-state index contributed by atoms with van der Waals surface area (Å²) < 4.78 is 6.56. The maximum absolute atomic E-state index is 11.8. The second kappa shape index (κ2) is 13.6. The van der Waals surface area contributed by atoms with E-state index in [9.17, 15) is 10.1 Å². The summed E-state index contributed by atoms with van der Waals surface area (Å²) in [7, 11) is 0. The Bertz CT molecular complexity index is 1720. The molecular formula is C38H48N8O2. The van der Waals surface area contributed by atoms with Crippen LogP contribution in [-0.4, -0.2) is 102 Å². The van der Waals surface area contributed by atoms with E-state index in [-0.39, 0.29) is 17.4 Å². The number of ether oxygens (including phenoxy) is 1. The van der Waals surface area contributed by atoms with E-state index < -0.39 is 0 Å². The van der Waals surface area contributed by atoms with Gasteiger partial charge in [-0.2, -0.15) is 15.2 Å². The van der Waals surface area contributed by atoms with E-state index in [1.54, 1.807) is 6.92 Å². The van der Waals surface area contributed by atoms with Crippen molar-refractivity contribution in [2.45, 2.75) is 59.0 Å². The van der Waals surface area contributed by atoms with Crippen molar-refractivity contribution in [3.63, 3.8) is 0 Å². The maximum atomic E-state index is 11.8. The Labute approximate surface area is 284 Å². The highest BCUT2D eigenvalue weighted by Gasteiger charge is 2.45. The molecule has 3 aliphatic heterocycles. The number of aromatic nitrogens is 2. The van der Waals surface area contributed by atoms with E-state index in [1.807, 2.05) is 11.8 Å². The first-order valence-electron chi connectivity index (χ1n) is 17.6. The summed E-state index contributed by atoms with van der Waals surface area (Å²) in [6, 6.07) is 16.1. The molecule has 3 aromatic rings. The van der Waals surface area contributed by atoms with Crippen molar-refractivity contribution >= 4 is 28.2 Å². The molecule has 4 aliphatic rings. The topological polar surface area (TPSA) is 92.1 Å². The highest BCUT2D eigenvalue weighted by Crippen LogP contribution is 2.47. The van der Waals surface area contributed by atoms with Crippen molar-refractivity contribution in [1.82, 2.24) is 24.7 Å². The van der Waals surface area contributed by atoms with Crippen LogP contribution in [0.4, 0.5) is 11.5 Å². The van der Waals surface area contributed by atoms with Crippen LogP contribution in [-0.2, 0) is 17.8 Å². The summed E-state index contributed by atoms with van der Waals surface area (Å²) >= 11 is 0. The smallest absolute Gasteiger partial charge is 0.318 e.